The quantitative estimate of drug-likeness (QED) is 0.647. The Labute approximate surface area is 68.0 Å². The fourth-order valence-electron chi connectivity index (χ4n) is 0. The Morgan fingerprint density at radius 3 is 1.55 bits per heavy atom. The van der Waals surface area contributed by atoms with Gasteiger partial charge in [-0.1, -0.05) is 20.8 Å². The Kier molecular flexibility index (Phi) is 8.94. The Balaban J connectivity index is 0. The van der Waals surface area contributed by atoms with Gasteiger partial charge in [0.15, 0.2) is 0 Å². The number of aliphatic hydroxyl groups is 1. The molecule has 0 bridgehead atoms. The summed E-state index contributed by atoms with van der Waals surface area (Å²) < 4.78 is 0. The standard InChI is InChI=1S/C4H8O2.C4H10O/c1-3(2)4(5)6;1-3-4(2)5/h3H,1-2H3,(H,5,6);4-5H,3H2,1-2H3. The summed E-state index contributed by atoms with van der Waals surface area (Å²) >= 11 is 0. The minimum atomic E-state index is -0.741. The van der Waals surface area contributed by atoms with Crippen LogP contribution >= 0.6 is 0 Å². The zero-order chi connectivity index (χ0) is 9.44. The minimum Gasteiger partial charge on any atom is -0.481 e. The first-order valence-electron chi connectivity index (χ1n) is 3.82. The predicted molar refractivity (Wildman–Crippen MR) is 44.4 cm³/mol. The molecule has 11 heavy (non-hydrogen) atoms. The van der Waals surface area contributed by atoms with E-state index in [2.05, 4.69) is 0 Å². The van der Waals surface area contributed by atoms with Crippen molar-refractivity contribution >= 4 is 5.97 Å². The summed E-state index contributed by atoms with van der Waals surface area (Å²) in [4.78, 5) is 9.70. The first kappa shape index (κ1) is 13.1. The van der Waals surface area contributed by atoms with Crippen molar-refractivity contribution in [3.63, 3.8) is 0 Å². The lowest BCUT2D eigenvalue weighted by Gasteiger charge is -1.90. The van der Waals surface area contributed by atoms with Gasteiger partial charge in [0, 0.05) is 0 Å². The number of carbonyl (C=O) groups is 1. The Bertz CT molecular complexity index is 97.5. The molecule has 0 saturated heterocycles. The van der Waals surface area contributed by atoms with E-state index in [0.717, 1.165) is 6.42 Å². The van der Waals surface area contributed by atoms with Gasteiger partial charge in [0.25, 0.3) is 0 Å². The highest BCUT2D eigenvalue weighted by molar-refractivity contribution is 5.68. The Morgan fingerprint density at radius 2 is 1.55 bits per heavy atom. The third-order valence-electron chi connectivity index (χ3n) is 1.08. The maximum Gasteiger partial charge on any atom is 0.305 e. The second kappa shape index (κ2) is 7.54. The van der Waals surface area contributed by atoms with Crippen LogP contribution in [0.4, 0.5) is 0 Å². The molecule has 0 aromatic heterocycles. The maximum atomic E-state index is 9.70. The van der Waals surface area contributed by atoms with Crippen molar-refractivity contribution in [3.8, 4) is 0 Å². The van der Waals surface area contributed by atoms with Crippen LogP contribution in [0.5, 0.6) is 0 Å². The highest BCUT2D eigenvalue weighted by Gasteiger charge is 1.99. The minimum absolute atomic E-state index is 0.116. The fraction of sp³-hybridized carbons (Fsp3) is 0.875. The first-order chi connectivity index (χ1) is 4.91. The number of aliphatic carboxylic acids is 1. The average Bonchev–Trinajstić information content (AvgIpc) is 1.89. The van der Waals surface area contributed by atoms with Crippen LogP contribution in [0.15, 0.2) is 0 Å². The fourth-order valence-corrected chi connectivity index (χ4v) is 0. The molecule has 3 heteroatoms. The predicted octanol–water partition coefficient (Wildman–Crippen LogP) is 1.50. The molecular weight excluding hydrogens is 144 g/mol. The number of carboxylic acid groups (broad SMARTS) is 1. The third kappa shape index (κ3) is 17.7. The maximum absolute atomic E-state index is 9.70. The van der Waals surface area contributed by atoms with Crippen molar-refractivity contribution in [1.29, 1.82) is 0 Å². The molecule has 0 heterocycles. The molecule has 0 rings (SSSR count). The number of aliphatic hydroxyl groups excluding tert-OH is 1. The number of rotatable bonds is 2. The van der Waals surface area contributed by atoms with E-state index in [1.54, 1.807) is 20.8 Å². The van der Waals surface area contributed by atoms with Crippen LogP contribution in [0.25, 0.3) is 0 Å². The molecule has 0 amide bonds. The van der Waals surface area contributed by atoms with E-state index < -0.39 is 5.97 Å². The number of hydrogen-bond acceptors (Lipinski definition) is 2. The van der Waals surface area contributed by atoms with Crippen LogP contribution in [0.2, 0.25) is 0 Å². The van der Waals surface area contributed by atoms with Crippen LogP contribution in [0, 0.1) is 5.92 Å². The van der Waals surface area contributed by atoms with Gasteiger partial charge < -0.3 is 10.2 Å². The zero-order valence-electron chi connectivity index (χ0n) is 7.66. The molecule has 0 spiro atoms. The van der Waals surface area contributed by atoms with Gasteiger partial charge in [-0.2, -0.15) is 0 Å². The summed E-state index contributed by atoms with van der Waals surface area (Å²) in [6.45, 7) is 7.01. The molecule has 1 unspecified atom stereocenters. The number of carboxylic acids is 1. The van der Waals surface area contributed by atoms with E-state index in [4.69, 9.17) is 10.2 Å². The van der Waals surface area contributed by atoms with Gasteiger partial charge in [-0.3, -0.25) is 4.79 Å². The molecule has 68 valence electrons. The van der Waals surface area contributed by atoms with Gasteiger partial charge in [0.05, 0.1) is 12.0 Å². The van der Waals surface area contributed by atoms with E-state index in [-0.39, 0.29) is 12.0 Å². The van der Waals surface area contributed by atoms with Gasteiger partial charge >= 0.3 is 5.97 Å². The lowest BCUT2D eigenvalue weighted by molar-refractivity contribution is -0.140. The van der Waals surface area contributed by atoms with Crippen LogP contribution < -0.4 is 0 Å². The summed E-state index contributed by atoms with van der Waals surface area (Å²) in [5, 5.41) is 16.4. The molecular formula is C8H18O3. The lowest BCUT2D eigenvalue weighted by atomic mass is 10.2. The van der Waals surface area contributed by atoms with E-state index in [0.29, 0.717) is 0 Å². The van der Waals surface area contributed by atoms with Crippen LogP contribution in [0.1, 0.15) is 34.1 Å². The highest BCUT2D eigenvalue weighted by Crippen LogP contribution is 1.87. The molecule has 0 radical (unpaired) electrons. The van der Waals surface area contributed by atoms with Crippen LogP contribution in [-0.4, -0.2) is 22.3 Å². The first-order valence-corrected chi connectivity index (χ1v) is 3.82. The van der Waals surface area contributed by atoms with Gasteiger partial charge in [0.2, 0.25) is 0 Å². The number of hydrogen-bond donors (Lipinski definition) is 2. The third-order valence-corrected chi connectivity index (χ3v) is 1.08. The summed E-state index contributed by atoms with van der Waals surface area (Å²) in [5.41, 5.74) is 0. The van der Waals surface area contributed by atoms with Crippen molar-refractivity contribution in [3.05, 3.63) is 0 Å². The average molecular weight is 162 g/mol. The van der Waals surface area contributed by atoms with E-state index >= 15 is 0 Å². The Hall–Kier alpha value is -0.570. The molecule has 0 aromatic rings. The van der Waals surface area contributed by atoms with Crippen molar-refractivity contribution < 1.29 is 15.0 Å². The van der Waals surface area contributed by atoms with E-state index in [1.165, 1.54) is 0 Å². The molecule has 0 fully saturated rings. The van der Waals surface area contributed by atoms with Gasteiger partial charge in [0.1, 0.15) is 0 Å². The molecule has 2 N–H and O–H groups in total. The zero-order valence-corrected chi connectivity index (χ0v) is 7.66. The summed E-state index contributed by atoms with van der Waals surface area (Å²) in [6, 6.07) is 0. The molecule has 0 saturated carbocycles. The topological polar surface area (TPSA) is 57.5 Å². The second-order valence-electron chi connectivity index (χ2n) is 2.75. The molecule has 3 nitrogen and oxygen atoms in total. The van der Waals surface area contributed by atoms with Crippen molar-refractivity contribution in [1.82, 2.24) is 0 Å². The summed E-state index contributed by atoms with van der Waals surface area (Å²) in [6.07, 6.45) is 0.745. The van der Waals surface area contributed by atoms with Gasteiger partial charge in [-0.25, -0.2) is 0 Å². The van der Waals surface area contributed by atoms with Crippen LogP contribution in [-0.2, 0) is 4.79 Å². The van der Waals surface area contributed by atoms with Crippen molar-refractivity contribution in [2.45, 2.75) is 40.2 Å². The molecule has 0 aliphatic heterocycles. The molecule has 0 aliphatic carbocycles. The monoisotopic (exact) mass is 162 g/mol. The second-order valence-corrected chi connectivity index (χ2v) is 2.75. The SMILES string of the molecule is CC(C)C(=O)O.CCC(C)O. The van der Waals surface area contributed by atoms with Gasteiger partial charge in [-0.15, -0.1) is 0 Å². The van der Waals surface area contributed by atoms with Crippen molar-refractivity contribution in [2.75, 3.05) is 0 Å². The van der Waals surface area contributed by atoms with Gasteiger partial charge in [-0.05, 0) is 13.3 Å². The van der Waals surface area contributed by atoms with E-state index in [9.17, 15) is 4.79 Å². The largest absolute Gasteiger partial charge is 0.481 e. The summed E-state index contributed by atoms with van der Waals surface area (Å²) in [7, 11) is 0. The summed E-state index contributed by atoms with van der Waals surface area (Å²) in [5.74, 6) is -0.972. The smallest absolute Gasteiger partial charge is 0.305 e. The lowest BCUT2D eigenvalue weighted by Crippen LogP contribution is -2.03. The normalized spacial score (nSPS) is 11.8. The molecule has 1 atom stereocenters. The van der Waals surface area contributed by atoms with Crippen molar-refractivity contribution in [2.24, 2.45) is 5.92 Å². The van der Waals surface area contributed by atoms with Crippen LogP contribution in [0.3, 0.4) is 0 Å². The van der Waals surface area contributed by atoms with E-state index in [1.807, 2.05) is 6.92 Å². The highest BCUT2D eigenvalue weighted by atomic mass is 16.4. The Morgan fingerprint density at radius 1 is 1.36 bits per heavy atom. The molecule has 0 aromatic carbocycles. The molecule has 0 aliphatic rings.